The number of aryl methyl sites for hydroxylation is 1. The molecule has 0 aliphatic heterocycles. The van der Waals surface area contributed by atoms with E-state index < -0.39 is 0 Å². The zero-order valence-corrected chi connectivity index (χ0v) is 11.6. The Morgan fingerprint density at radius 1 is 1.19 bits per heavy atom. The fraction of sp³-hybridized carbons (Fsp3) is 0.0588. The average Bonchev–Trinajstić information content (AvgIpc) is 2.48. The van der Waals surface area contributed by atoms with Crippen LogP contribution in [0.1, 0.15) is 16.7 Å². The highest BCUT2D eigenvalue weighted by Crippen LogP contribution is 2.08. The summed E-state index contributed by atoms with van der Waals surface area (Å²) in [5.41, 5.74) is 3.38. The highest BCUT2D eigenvalue weighted by atomic mass is 16.2. The number of amides is 2. The van der Waals surface area contributed by atoms with E-state index >= 15 is 0 Å². The van der Waals surface area contributed by atoms with Gasteiger partial charge in [-0.2, -0.15) is 5.26 Å². The predicted octanol–water partition coefficient (Wildman–Crippen LogP) is 3.66. The van der Waals surface area contributed by atoms with Crippen LogP contribution in [0.25, 0.3) is 6.08 Å². The largest absolute Gasteiger partial charge is 0.323 e. The molecule has 0 unspecified atom stereocenters. The van der Waals surface area contributed by atoms with Crippen molar-refractivity contribution < 1.29 is 4.79 Å². The standard InChI is InChI=1S/C17H15N3O/c1-13-3-2-4-14(11-13)9-10-19-17(21)20-16-7-5-15(12-18)6-8-16/h2-11H,1H3,(H2,19,20,21)/b10-9+. The van der Waals surface area contributed by atoms with Crippen molar-refractivity contribution in [3.63, 3.8) is 0 Å². The van der Waals surface area contributed by atoms with E-state index in [0.29, 0.717) is 11.3 Å². The highest BCUT2D eigenvalue weighted by Gasteiger charge is 1.99. The lowest BCUT2D eigenvalue weighted by Crippen LogP contribution is -2.23. The van der Waals surface area contributed by atoms with Crippen LogP contribution in [0, 0.1) is 18.3 Å². The van der Waals surface area contributed by atoms with Crippen molar-refractivity contribution in [3.8, 4) is 6.07 Å². The SMILES string of the molecule is Cc1cccc(/C=C/NC(=O)Nc2ccc(C#N)cc2)c1. The van der Waals surface area contributed by atoms with E-state index in [1.54, 1.807) is 30.5 Å². The van der Waals surface area contributed by atoms with Crippen molar-refractivity contribution >= 4 is 17.8 Å². The third kappa shape index (κ3) is 4.51. The molecule has 0 aromatic heterocycles. The Bertz CT molecular complexity index is 697. The maximum atomic E-state index is 11.7. The monoisotopic (exact) mass is 277 g/mol. The molecule has 104 valence electrons. The number of hydrogen-bond donors (Lipinski definition) is 2. The van der Waals surface area contributed by atoms with Gasteiger partial charge in [-0.25, -0.2) is 4.79 Å². The second-order valence-corrected chi connectivity index (χ2v) is 4.54. The normalized spacial score (nSPS) is 10.1. The molecule has 21 heavy (non-hydrogen) atoms. The Hall–Kier alpha value is -3.06. The second-order valence-electron chi connectivity index (χ2n) is 4.54. The van der Waals surface area contributed by atoms with Crippen LogP contribution in [0.2, 0.25) is 0 Å². The molecule has 2 amide bonds. The number of hydrogen-bond acceptors (Lipinski definition) is 2. The van der Waals surface area contributed by atoms with E-state index in [1.807, 2.05) is 43.3 Å². The van der Waals surface area contributed by atoms with Gasteiger partial charge in [-0.1, -0.05) is 29.8 Å². The summed E-state index contributed by atoms with van der Waals surface area (Å²) in [6.07, 6.45) is 3.42. The van der Waals surface area contributed by atoms with Gasteiger partial charge in [0, 0.05) is 11.9 Å². The van der Waals surface area contributed by atoms with Crippen LogP contribution in [0.15, 0.2) is 54.7 Å². The van der Waals surface area contributed by atoms with Crippen LogP contribution in [0.5, 0.6) is 0 Å². The Morgan fingerprint density at radius 2 is 1.95 bits per heavy atom. The van der Waals surface area contributed by atoms with E-state index in [1.165, 1.54) is 5.56 Å². The number of benzene rings is 2. The molecule has 2 aromatic carbocycles. The van der Waals surface area contributed by atoms with Crippen LogP contribution in [-0.4, -0.2) is 6.03 Å². The van der Waals surface area contributed by atoms with E-state index in [2.05, 4.69) is 10.6 Å². The van der Waals surface area contributed by atoms with E-state index in [9.17, 15) is 4.79 Å². The third-order valence-electron chi connectivity index (χ3n) is 2.80. The van der Waals surface area contributed by atoms with Crippen molar-refractivity contribution in [2.45, 2.75) is 6.92 Å². The first-order valence-corrected chi connectivity index (χ1v) is 6.48. The summed E-state index contributed by atoms with van der Waals surface area (Å²) in [7, 11) is 0. The molecule has 4 heteroatoms. The first kappa shape index (κ1) is 14.4. The zero-order chi connectivity index (χ0) is 15.1. The molecule has 2 rings (SSSR count). The highest BCUT2D eigenvalue weighted by molar-refractivity contribution is 5.90. The molecule has 0 aliphatic carbocycles. The quantitative estimate of drug-likeness (QED) is 0.899. The van der Waals surface area contributed by atoms with Gasteiger partial charge in [0.25, 0.3) is 0 Å². The molecular weight excluding hydrogens is 262 g/mol. The number of anilines is 1. The molecule has 0 fully saturated rings. The average molecular weight is 277 g/mol. The summed E-state index contributed by atoms with van der Waals surface area (Å²) in [4.78, 5) is 11.7. The minimum absolute atomic E-state index is 0.330. The van der Waals surface area contributed by atoms with Gasteiger partial charge in [0.15, 0.2) is 0 Å². The number of carbonyl (C=O) groups is 1. The van der Waals surface area contributed by atoms with Gasteiger partial charge in [-0.15, -0.1) is 0 Å². The van der Waals surface area contributed by atoms with Gasteiger partial charge in [0.1, 0.15) is 0 Å². The molecule has 0 aliphatic rings. The zero-order valence-electron chi connectivity index (χ0n) is 11.6. The third-order valence-corrected chi connectivity index (χ3v) is 2.80. The number of carbonyl (C=O) groups excluding carboxylic acids is 1. The molecule has 0 atom stereocenters. The smallest absolute Gasteiger partial charge is 0.314 e. The molecule has 0 heterocycles. The van der Waals surface area contributed by atoms with Gasteiger partial charge >= 0.3 is 6.03 Å². The summed E-state index contributed by atoms with van der Waals surface area (Å²) in [5, 5.41) is 14.0. The molecule has 0 saturated carbocycles. The summed E-state index contributed by atoms with van der Waals surface area (Å²) in [6.45, 7) is 2.02. The number of rotatable bonds is 3. The number of nitriles is 1. The first-order valence-electron chi connectivity index (χ1n) is 6.48. The fourth-order valence-corrected chi connectivity index (χ4v) is 1.78. The van der Waals surface area contributed by atoms with Gasteiger partial charge in [0.2, 0.25) is 0 Å². The molecule has 0 spiro atoms. The molecule has 2 aromatic rings. The van der Waals surface area contributed by atoms with Crippen LogP contribution in [0.4, 0.5) is 10.5 Å². The maximum Gasteiger partial charge on any atom is 0.323 e. The van der Waals surface area contributed by atoms with Crippen LogP contribution in [0.3, 0.4) is 0 Å². The summed E-state index contributed by atoms with van der Waals surface area (Å²) < 4.78 is 0. The maximum absolute atomic E-state index is 11.7. The molecule has 2 N–H and O–H groups in total. The van der Waals surface area contributed by atoms with Crippen LogP contribution >= 0.6 is 0 Å². The molecule has 4 nitrogen and oxygen atoms in total. The predicted molar refractivity (Wildman–Crippen MR) is 83.5 cm³/mol. The number of urea groups is 1. The number of nitrogens with zero attached hydrogens (tertiary/aromatic N) is 1. The van der Waals surface area contributed by atoms with Crippen molar-refractivity contribution in [2.75, 3.05) is 5.32 Å². The van der Waals surface area contributed by atoms with Crippen LogP contribution in [-0.2, 0) is 0 Å². The lowest BCUT2D eigenvalue weighted by molar-refractivity contribution is 0.255. The Labute approximate surface area is 123 Å². The van der Waals surface area contributed by atoms with E-state index in [4.69, 9.17) is 5.26 Å². The summed E-state index contributed by atoms with van der Waals surface area (Å²) in [6, 6.07) is 16.3. The molecular formula is C17H15N3O. The van der Waals surface area contributed by atoms with Gasteiger partial charge < -0.3 is 10.6 Å². The van der Waals surface area contributed by atoms with E-state index in [-0.39, 0.29) is 6.03 Å². The number of nitrogens with one attached hydrogen (secondary N) is 2. The Kier molecular flexibility index (Phi) is 4.73. The molecule has 0 bridgehead atoms. The lowest BCUT2D eigenvalue weighted by atomic mass is 10.1. The second kappa shape index (κ2) is 6.92. The molecule has 0 saturated heterocycles. The van der Waals surface area contributed by atoms with Crippen LogP contribution < -0.4 is 10.6 Å². The molecule has 0 radical (unpaired) electrons. The van der Waals surface area contributed by atoms with Gasteiger partial charge in [0.05, 0.1) is 11.6 Å². The van der Waals surface area contributed by atoms with Crippen molar-refractivity contribution in [3.05, 3.63) is 71.4 Å². The fourth-order valence-electron chi connectivity index (χ4n) is 1.78. The van der Waals surface area contributed by atoms with E-state index in [0.717, 1.165) is 5.56 Å². The summed E-state index contributed by atoms with van der Waals surface area (Å²) in [5.74, 6) is 0. The first-order chi connectivity index (χ1) is 10.2. The van der Waals surface area contributed by atoms with Crippen molar-refractivity contribution in [1.29, 1.82) is 5.26 Å². The topological polar surface area (TPSA) is 64.9 Å². The Morgan fingerprint density at radius 3 is 2.62 bits per heavy atom. The van der Waals surface area contributed by atoms with Crippen molar-refractivity contribution in [1.82, 2.24) is 5.32 Å². The minimum atomic E-state index is -0.330. The van der Waals surface area contributed by atoms with Gasteiger partial charge in [-0.3, -0.25) is 0 Å². The lowest BCUT2D eigenvalue weighted by Gasteiger charge is -2.04. The minimum Gasteiger partial charge on any atom is -0.314 e. The Balaban J connectivity index is 1.88. The van der Waals surface area contributed by atoms with Gasteiger partial charge in [-0.05, 0) is 42.8 Å². The summed E-state index contributed by atoms with van der Waals surface area (Å²) >= 11 is 0. The van der Waals surface area contributed by atoms with Crippen molar-refractivity contribution in [2.24, 2.45) is 0 Å².